The van der Waals surface area contributed by atoms with Gasteiger partial charge in [-0.25, -0.2) is 4.79 Å². The van der Waals surface area contributed by atoms with E-state index in [0.29, 0.717) is 34.0 Å². The maximum Gasteiger partial charge on any atom is 0.326 e. The molecular weight excluding hydrogens is 360 g/mol. The molecule has 2 aromatic carbocycles. The van der Waals surface area contributed by atoms with Crippen LogP contribution < -0.4 is 19.7 Å². The molecule has 3 rings (SSSR count). The van der Waals surface area contributed by atoms with Crippen molar-refractivity contribution in [3.63, 3.8) is 0 Å². The summed E-state index contributed by atoms with van der Waals surface area (Å²) in [4.78, 5) is 15.7. The molecule has 1 heterocycles. The van der Waals surface area contributed by atoms with Crippen molar-refractivity contribution in [2.45, 2.75) is 17.1 Å². The molecular formula is C18H19ClN2O3S. The number of amides is 2. The number of para-hydroxylation sites is 1. The highest BCUT2D eigenvalue weighted by atomic mass is 35.5. The SMILES string of the molecule is COc1cc(OC)c(NC(=O)N2CC(C)Sc3ccccc32)cc1Cl. The van der Waals surface area contributed by atoms with Crippen molar-refractivity contribution in [2.24, 2.45) is 0 Å². The summed E-state index contributed by atoms with van der Waals surface area (Å²) in [7, 11) is 3.07. The van der Waals surface area contributed by atoms with E-state index in [-0.39, 0.29) is 6.03 Å². The molecule has 25 heavy (non-hydrogen) atoms. The van der Waals surface area contributed by atoms with Crippen molar-refractivity contribution < 1.29 is 14.3 Å². The average Bonchev–Trinajstić information content (AvgIpc) is 2.61. The van der Waals surface area contributed by atoms with Crippen molar-refractivity contribution >= 4 is 40.8 Å². The molecule has 0 aromatic heterocycles. The van der Waals surface area contributed by atoms with Gasteiger partial charge in [-0.15, -0.1) is 11.8 Å². The molecule has 7 heteroatoms. The van der Waals surface area contributed by atoms with Crippen LogP contribution in [0.4, 0.5) is 16.2 Å². The molecule has 0 spiro atoms. The zero-order valence-electron chi connectivity index (χ0n) is 14.2. The number of thioether (sulfide) groups is 1. The summed E-state index contributed by atoms with van der Waals surface area (Å²) in [6.45, 7) is 2.73. The highest BCUT2D eigenvalue weighted by molar-refractivity contribution is 8.00. The Morgan fingerprint density at radius 3 is 2.68 bits per heavy atom. The Morgan fingerprint density at radius 2 is 1.96 bits per heavy atom. The number of hydrogen-bond acceptors (Lipinski definition) is 4. The predicted octanol–water partition coefficient (Wildman–Crippen LogP) is 4.89. The van der Waals surface area contributed by atoms with Crippen LogP contribution in [0.5, 0.6) is 11.5 Å². The van der Waals surface area contributed by atoms with Gasteiger partial charge in [0.25, 0.3) is 0 Å². The molecule has 1 atom stereocenters. The molecule has 132 valence electrons. The lowest BCUT2D eigenvalue weighted by Gasteiger charge is -2.32. The molecule has 0 bridgehead atoms. The number of rotatable bonds is 3. The van der Waals surface area contributed by atoms with Crippen LogP contribution in [0.25, 0.3) is 0 Å². The molecule has 1 N–H and O–H groups in total. The number of halogens is 1. The summed E-state index contributed by atoms with van der Waals surface area (Å²) in [5.41, 5.74) is 1.41. The van der Waals surface area contributed by atoms with E-state index in [1.807, 2.05) is 24.3 Å². The van der Waals surface area contributed by atoms with E-state index in [1.54, 1.807) is 28.8 Å². The first-order valence-corrected chi connectivity index (χ1v) is 9.05. The van der Waals surface area contributed by atoms with Crippen molar-refractivity contribution in [3.8, 4) is 11.5 Å². The summed E-state index contributed by atoms with van der Waals surface area (Å²) in [6.07, 6.45) is 0. The van der Waals surface area contributed by atoms with E-state index in [1.165, 1.54) is 14.2 Å². The summed E-state index contributed by atoms with van der Waals surface area (Å²) in [6, 6.07) is 10.9. The first-order valence-electron chi connectivity index (χ1n) is 7.79. The van der Waals surface area contributed by atoms with Gasteiger partial charge in [-0.2, -0.15) is 0 Å². The van der Waals surface area contributed by atoms with E-state index in [0.717, 1.165) is 10.6 Å². The zero-order valence-corrected chi connectivity index (χ0v) is 15.8. The van der Waals surface area contributed by atoms with Gasteiger partial charge in [-0.05, 0) is 18.2 Å². The summed E-state index contributed by atoms with van der Waals surface area (Å²) in [5.74, 6) is 0.979. The Kier molecular flexibility index (Phi) is 5.30. The van der Waals surface area contributed by atoms with Crippen LogP contribution in [0.3, 0.4) is 0 Å². The lowest BCUT2D eigenvalue weighted by Crippen LogP contribution is -2.41. The molecule has 0 fully saturated rings. The lowest BCUT2D eigenvalue weighted by molar-refractivity contribution is 0.256. The topological polar surface area (TPSA) is 50.8 Å². The van der Waals surface area contributed by atoms with Crippen molar-refractivity contribution in [2.75, 3.05) is 31.0 Å². The number of ether oxygens (including phenoxy) is 2. The van der Waals surface area contributed by atoms with Gasteiger partial charge in [0.2, 0.25) is 0 Å². The molecule has 1 aliphatic heterocycles. The number of nitrogens with zero attached hydrogens (tertiary/aromatic N) is 1. The number of carbonyl (C=O) groups excluding carboxylic acids is 1. The number of carbonyl (C=O) groups is 1. The van der Waals surface area contributed by atoms with Crippen molar-refractivity contribution in [3.05, 3.63) is 41.4 Å². The molecule has 1 aliphatic rings. The van der Waals surface area contributed by atoms with Crippen LogP contribution in [-0.2, 0) is 0 Å². The Bertz CT molecular complexity index is 800. The third-order valence-electron chi connectivity index (χ3n) is 3.88. The largest absolute Gasteiger partial charge is 0.495 e. The Balaban J connectivity index is 1.89. The number of anilines is 2. The Hall–Kier alpha value is -2.05. The van der Waals surface area contributed by atoms with E-state index in [4.69, 9.17) is 21.1 Å². The average molecular weight is 379 g/mol. The fraction of sp³-hybridized carbons (Fsp3) is 0.278. The highest BCUT2D eigenvalue weighted by Crippen LogP contribution is 2.39. The Morgan fingerprint density at radius 1 is 1.24 bits per heavy atom. The van der Waals surface area contributed by atoms with Gasteiger partial charge < -0.3 is 14.8 Å². The maximum absolute atomic E-state index is 12.9. The molecule has 0 aliphatic carbocycles. The second kappa shape index (κ2) is 7.45. The fourth-order valence-electron chi connectivity index (χ4n) is 2.72. The molecule has 1 unspecified atom stereocenters. The van der Waals surface area contributed by atoms with Gasteiger partial charge >= 0.3 is 6.03 Å². The minimum atomic E-state index is -0.223. The van der Waals surface area contributed by atoms with Crippen LogP contribution in [-0.4, -0.2) is 32.0 Å². The Labute approximate surface area is 156 Å². The van der Waals surface area contributed by atoms with Crippen molar-refractivity contribution in [1.29, 1.82) is 0 Å². The van der Waals surface area contributed by atoms with E-state index in [9.17, 15) is 4.79 Å². The monoisotopic (exact) mass is 378 g/mol. The number of methoxy groups -OCH3 is 2. The second-order valence-corrected chi connectivity index (χ2v) is 7.51. The second-order valence-electron chi connectivity index (χ2n) is 5.62. The lowest BCUT2D eigenvalue weighted by atomic mass is 10.2. The maximum atomic E-state index is 12.9. The van der Waals surface area contributed by atoms with Gasteiger partial charge in [0.15, 0.2) is 0 Å². The van der Waals surface area contributed by atoms with E-state index >= 15 is 0 Å². The van der Waals surface area contributed by atoms with Crippen LogP contribution in [0, 0.1) is 0 Å². The molecule has 0 saturated heterocycles. The minimum Gasteiger partial charge on any atom is -0.495 e. The molecule has 5 nitrogen and oxygen atoms in total. The third-order valence-corrected chi connectivity index (χ3v) is 5.33. The van der Waals surface area contributed by atoms with Crippen LogP contribution in [0.1, 0.15) is 6.92 Å². The van der Waals surface area contributed by atoms with Crippen LogP contribution in [0.2, 0.25) is 5.02 Å². The summed E-state index contributed by atoms with van der Waals surface area (Å²) in [5, 5.41) is 3.61. The number of urea groups is 1. The normalized spacial score (nSPS) is 16.2. The van der Waals surface area contributed by atoms with Gasteiger partial charge in [-0.1, -0.05) is 30.7 Å². The van der Waals surface area contributed by atoms with Gasteiger partial charge in [0.05, 0.1) is 30.6 Å². The number of nitrogens with one attached hydrogen (secondary N) is 1. The van der Waals surface area contributed by atoms with Crippen LogP contribution in [0.15, 0.2) is 41.3 Å². The number of hydrogen-bond donors (Lipinski definition) is 1. The molecule has 2 amide bonds. The first-order chi connectivity index (χ1) is 12.0. The zero-order chi connectivity index (χ0) is 18.0. The standard InChI is InChI=1S/C18H19ClN2O3S/c1-11-10-21(14-6-4-5-7-17(14)25-11)18(22)20-13-8-12(19)15(23-2)9-16(13)24-3/h4-9,11H,10H2,1-3H3,(H,20,22). The van der Waals surface area contributed by atoms with Gasteiger partial charge in [0.1, 0.15) is 11.5 Å². The smallest absolute Gasteiger partial charge is 0.326 e. The third kappa shape index (κ3) is 3.65. The first kappa shape index (κ1) is 17.8. The fourth-order valence-corrected chi connectivity index (χ4v) is 4.08. The highest BCUT2D eigenvalue weighted by Gasteiger charge is 2.27. The van der Waals surface area contributed by atoms with E-state index < -0.39 is 0 Å². The summed E-state index contributed by atoms with van der Waals surface area (Å²) < 4.78 is 10.5. The van der Waals surface area contributed by atoms with E-state index in [2.05, 4.69) is 12.2 Å². The van der Waals surface area contributed by atoms with Gasteiger partial charge in [-0.3, -0.25) is 4.90 Å². The van der Waals surface area contributed by atoms with Gasteiger partial charge in [0, 0.05) is 22.8 Å². The molecule has 0 saturated carbocycles. The number of fused-ring (bicyclic) bond motifs is 1. The predicted molar refractivity (Wildman–Crippen MR) is 103 cm³/mol. The number of benzene rings is 2. The summed E-state index contributed by atoms with van der Waals surface area (Å²) >= 11 is 7.95. The quantitative estimate of drug-likeness (QED) is 0.826. The van der Waals surface area contributed by atoms with Crippen molar-refractivity contribution in [1.82, 2.24) is 0 Å². The van der Waals surface area contributed by atoms with Crippen LogP contribution >= 0.6 is 23.4 Å². The molecule has 0 radical (unpaired) electrons. The molecule has 2 aromatic rings. The minimum absolute atomic E-state index is 0.223.